The average Bonchev–Trinajstić information content (AvgIpc) is 3.07. The number of nitrogens with two attached hydrogens (primary N) is 2. The molecule has 12 unspecified atom stereocenters. The Kier molecular flexibility index (Phi) is 20.9. The van der Waals surface area contributed by atoms with Gasteiger partial charge in [-0.2, -0.15) is 0 Å². The lowest BCUT2D eigenvalue weighted by Crippen LogP contribution is -2.62. The first-order valence-electron chi connectivity index (χ1n) is 16.4. The van der Waals surface area contributed by atoms with Crippen LogP contribution < -0.4 is 11.5 Å². The Morgan fingerprint density at radius 3 is 1.33 bits per heavy atom. The fourth-order valence-corrected chi connectivity index (χ4v) is 6.77. The first-order valence-corrected chi connectivity index (χ1v) is 20.4. The molecule has 19 nitrogen and oxygen atoms in total. The molecule has 292 valence electrons. The van der Waals surface area contributed by atoms with E-state index < -0.39 is 95.8 Å². The maximum atomic E-state index is 12.7. The van der Waals surface area contributed by atoms with Gasteiger partial charge in [0.05, 0.1) is 51.7 Å². The molecule has 0 bridgehead atoms. The van der Waals surface area contributed by atoms with Gasteiger partial charge in [-0.25, -0.2) is 0 Å². The molecule has 2 aliphatic rings. The topological polar surface area (TPSA) is 291 Å². The largest absolute Gasteiger partial charge is 0.394 e. The van der Waals surface area contributed by atoms with Gasteiger partial charge in [-0.15, -0.1) is 0 Å². The van der Waals surface area contributed by atoms with Crippen LogP contribution in [0.25, 0.3) is 0 Å². The van der Waals surface area contributed by atoms with Crippen molar-refractivity contribution in [3.8, 4) is 0 Å². The predicted molar refractivity (Wildman–Crippen MR) is 173 cm³/mol. The molecular formula is C28H58N2O17P2. The Morgan fingerprint density at radius 1 is 0.612 bits per heavy atom. The second-order valence-corrected chi connectivity index (χ2v) is 16.2. The van der Waals surface area contributed by atoms with Crippen molar-refractivity contribution in [2.24, 2.45) is 11.5 Å². The first-order chi connectivity index (χ1) is 23.2. The molecule has 2 saturated heterocycles. The second-order valence-electron chi connectivity index (χ2n) is 12.1. The van der Waals surface area contributed by atoms with Gasteiger partial charge in [0.25, 0.3) is 0 Å². The number of hydrogen-bond acceptors (Lipinski definition) is 19. The molecule has 10 N–H and O–H groups in total. The summed E-state index contributed by atoms with van der Waals surface area (Å²) in [7, 11) is -5.45. The number of aliphatic hydroxyl groups is 6. The van der Waals surface area contributed by atoms with Gasteiger partial charge in [-0.05, 0) is 38.5 Å². The SMILES string of the molecule is COC(COP(C)(=O)OCCCCCOC1OC(CO)C(O)C(O)C1N)COP(C)(=O)OCCCCCOC1OC(CO)C(O)C(O)C1N. The van der Waals surface area contributed by atoms with E-state index in [1.54, 1.807) is 0 Å². The summed E-state index contributed by atoms with van der Waals surface area (Å²) in [5, 5.41) is 58.2. The molecule has 2 fully saturated rings. The Hall–Kier alpha value is -0.220. The fraction of sp³-hybridized carbons (Fsp3) is 1.00. The number of methoxy groups -OCH3 is 1. The quantitative estimate of drug-likeness (QED) is 0.0393. The Balaban J connectivity index is 1.53. The minimum Gasteiger partial charge on any atom is -0.394 e. The molecule has 0 spiro atoms. The molecule has 12 atom stereocenters. The number of rotatable bonds is 25. The molecule has 0 radical (unpaired) electrons. The van der Waals surface area contributed by atoms with E-state index in [0.717, 1.165) is 0 Å². The summed E-state index contributed by atoms with van der Waals surface area (Å²) in [4.78, 5) is 0. The number of ether oxygens (including phenoxy) is 5. The monoisotopic (exact) mass is 756 g/mol. The Labute approximate surface area is 287 Å². The minimum atomic E-state index is -3.43. The van der Waals surface area contributed by atoms with Crippen LogP contribution >= 0.6 is 15.2 Å². The highest BCUT2D eigenvalue weighted by molar-refractivity contribution is 7.53. The Bertz CT molecular complexity index is 927. The highest BCUT2D eigenvalue weighted by atomic mass is 31.2. The van der Waals surface area contributed by atoms with Crippen LogP contribution in [0.3, 0.4) is 0 Å². The molecule has 2 heterocycles. The average molecular weight is 757 g/mol. The lowest BCUT2D eigenvalue weighted by Gasteiger charge is -2.40. The highest BCUT2D eigenvalue weighted by Gasteiger charge is 2.44. The van der Waals surface area contributed by atoms with Crippen molar-refractivity contribution in [1.82, 2.24) is 0 Å². The third-order valence-electron chi connectivity index (χ3n) is 7.97. The number of hydrogen-bond donors (Lipinski definition) is 8. The van der Waals surface area contributed by atoms with Crippen molar-refractivity contribution >= 4 is 15.2 Å². The maximum absolute atomic E-state index is 12.7. The molecule has 2 aliphatic heterocycles. The summed E-state index contributed by atoms with van der Waals surface area (Å²) in [6.07, 6.45) is -6.25. The zero-order chi connectivity index (χ0) is 36.6. The standard InChI is InChI=1S/C28H58N2O17P2/c1-39-18(16-44-48(2,37)42-12-8-4-6-10-40-27-21(29)25(35)23(33)19(14-31)46-27)17-45-49(3,38)43-13-9-5-7-11-41-28-22(30)26(36)24(34)20(15-32)47-28/h18-28,31-36H,4-17,29-30H2,1-3H3. The molecule has 0 aliphatic carbocycles. The Morgan fingerprint density at radius 2 is 0.980 bits per heavy atom. The van der Waals surface area contributed by atoms with Gasteiger partial charge in [0, 0.05) is 33.7 Å². The van der Waals surface area contributed by atoms with Crippen molar-refractivity contribution < 1.29 is 81.5 Å². The van der Waals surface area contributed by atoms with E-state index in [0.29, 0.717) is 38.5 Å². The van der Waals surface area contributed by atoms with E-state index >= 15 is 0 Å². The maximum Gasteiger partial charge on any atom is 0.327 e. The summed E-state index contributed by atoms with van der Waals surface area (Å²) >= 11 is 0. The summed E-state index contributed by atoms with van der Waals surface area (Å²) < 4.78 is 74.3. The highest BCUT2D eigenvalue weighted by Crippen LogP contribution is 2.46. The van der Waals surface area contributed by atoms with Crippen LogP contribution in [-0.2, 0) is 50.9 Å². The molecule has 0 aromatic carbocycles. The van der Waals surface area contributed by atoms with Crippen LogP contribution in [-0.4, -0.2) is 171 Å². The molecule has 2 rings (SSSR count). The van der Waals surface area contributed by atoms with E-state index in [9.17, 15) is 39.8 Å². The van der Waals surface area contributed by atoms with Gasteiger partial charge in [-0.3, -0.25) is 9.13 Å². The van der Waals surface area contributed by atoms with Crippen molar-refractivity contribution in [3.63, 3.8) is 0 Å². The summed E-state index contributed by atoms with van der Waals surface area (Å²) in [6.45, 7) is 2.20. The molecule has 0 aromatic heterocycles. The van der Waals surface area contributed by atoms with Gasteiger partial charge in [0.2, 0.25) is 0 Å². The van der Waals surface area contributed by atoms with Crippen LogP contribution in [0.15, 0.2) is 0 Å². The fourth-order valence-electron chi connectivity index (χ4n) is 4.82. The van der Waals surface area contributed by atoms with Crippen LogP contribution in [0.1, 0.15) is 38.5 Å². The molecule has 0 aromatic rings. The smallest absolute Gasteiger partial charge is 0.327 e. The third kappa shape index (κ3) is 15.7. The first kappa shape index (κ1) is 44.9. The minimum absolute atomic E-state index is 0.140. The summed E-state index contributed by atoms with van der Waals surface area (Å²) in [5.74, 6) is 0. The van der Waals surface area contributed by atoms with Gasteiger partial charge >= 0.3 is 15.2 Å². The van der Waals surface area contributed by atoms with E-state index in [1.165, 1.54) is 20.4 Å². The molecule has 49 heavy (non-hydrogen) atoms. The predicted octanol–water partition coefficient (Wildman–Crippen LogP) is -1.38. The second kappa shape index (κ2) is 22.8. The van der Waals surface area contributed by atoms with E-state index in [2.05, 4.69) is 0 Å². The van der Waals surface area contributed by atoms with Crippen molar-refractivity contribution in [1.29, 1.82) is 0 Å². The summed E-state index contributed by atoms with van der Waals surface area (Å²) in [6, 6.07) is -1.93. The zero-order valence-electron chi connectivity index (χ0n) is 28.5. The van der Waals surface area contributed by atoms with Gasteiger partial charge in [0.1, 0.15) is 42.7 Å². The molecular weight excluding hydrogens is 698 g/mol. The van der Waals surface area contributed by atoms with Gasteiger partial charge in [0.15, 0.2) is 12.6 Å². The zero-order valence-corrected chi connectivity index (χ0v) is 30.3. The van der Waals surface area contributed by atoms with E-state index in [-0.39, 0.29) is 39.6 Å². The lowest BCUT2D eigenvalue weighted by molar-refractivity contribution is -0.265. The third-order valence-corrected chi connectivity index (χ3v) is 10.5. The number of unbranched alkanes of at least 4 members (excludes halogenated alkanes) is 4. The van der Waals surface area contributed by atoms with E-state index in [1.807, 2.05) is 0 Å². The van der Waals surface area contributed by atoms with Crippen molar-refractivity contribution in [3.05, 3.63) is 0 Å². The van der Waals surface area contributed by atoms with Gasteiger partial charge < -0.3 is 83.9 Å². The van der Waals surface area contributed by atoms with Crippen LogP contribution in [0.5, 0.6) is 0 Å². The lowest BCUT2D eigenvalue weighted by atomic mass is 9.98. The van der Waals surface area contributed by atoms with Crippen molar-refractivity contribution in [2.45, 2.75) is 106 Å². The van der Waals surface area contributed by atoms with Crippen LogP contribution in [0.4, 0.5) is 0 Å². The van der Waals surface area contributed by atoms with Crippen LogP contribution in [0, 0.1) is 0 Å². The van der Waals surface area contributed by atoms with E-state index in [4.69, 9.17) is 53.2 Å². The molecule has 0 saturated carbocycles. The van der Waals surface area contributed by atoms with Gasteiger partial charge in [-0.1, -0.05) is 0 Å². The summed E-state index contributed by atoms with van der Waals surface area (Å²) in [5.41, 5.74) is 11.7. The number of aliphatic hydroxyl groups excluding tert-OH is 6. The van der Waals surface area contributed by atoms with Crippen molar-refractivity contribution in [2.75, 3.05) is 73.3 Å². The molecule has 0 amide bonds. The molecule has 21 heteroatoms. The van der Waals surface area contributed by atoms with Crippen LogP contribution in [0.2, 0.25) is 0 Å². The normalized spacial score (nSPS) is 33.9.